The Bertz CT molecular complexity index is 598. The van der Waals surface area contributed by atoms with Crippen molar-refractivity contribution in [2.45, 2.75) is 78.4 Å². The van der Waals surface area contributed by atoms with Crippen LogP contribution in [0.1, 0.15) is 72.8 Å². The van der Waals surface area contributed by atoms with E-state index in [1.54, 1.807) is 0 Å². The second kappa shape index (κ2) is 8.60. The second-order valence-electron chi connectivity index (χ2n) is 7.88. The van der Waals surface area contributed by atoms with E-state index in [-0.39, 0.29) is 5.54 Å². The normalized spacial score (nSPS) is 13.8. The van der Waals surface area contributed by atoms with Crippen molar-refractivity contribution in [3.8, 4) is 0 Å². The lowest BCUT2D eigenvalue weighted by atomic mass is 9.82. The van der Waals surface area contributed by atoms with Crippen LogP contribution in [-0.4, -0.2) is 18.2 Å². The van der Waals surface area contributed by atoms with E-state index in [4.69, 9.17) is 4.74 Å². The molecule has 0 aromatic heterocycles. The molecule has 0 aliphatic rings. The van der Waals surface area contributed by atoms with Crippen LogP contribution in [0.15, 0.2) is 48.8 Å². The fourth-order valence-electron chi connectivity index (χ4n) is 2.87. The minimum atomic E-state index is -0.403. The van der Waals surface area contributed by atoms with Crippen molar-refractivity contribution in [2.75, 3.05) is 11.9 Å². The predicted octanol–water partition coefficient (Wildman–Crippen LogP) is 6.69. The summed E-state index contributed by atoms with van der Waals surface area (Å²) in [5.41, 5.74) is 2.04. The number of benzene rings is 1. The van der Waals surface area contributed by atoms with Crippen LogP contribution in [0.25, 0.3) is 0 Å². The Balaban J connectivity index is 3.16. The maximum atomic E-state index is 6.25. The van der Waals surface area contributed by atoms with Gasteiger partial charge in [-0.3, -0.25) is 0 Å². The molecule has 0 heterocycles. The highest BCUT2D eigenvalue weighted by Gasteiger charge is 2.43. The zero-order valence-electron chi connectivity index (χ0n) is 17.5. The number of allylic oxidation sites excluding steroid dienone is 2. The minimum absolute atomic E-state index is 0.223. The van der Waals surface area contributed by atoms with E-state index < -0.39 is 5.60 Å². The molecule has 2 nitrogen and oxygen atoms in total. The Morgan fingerprint density at radius 3 is 2.36 bits per heavy atom. The molecule has 0 fully saturated rings. The molecule has 0 aliphatic carbocycles. The number of hydrogen-bond acceptors (Lipinski definition) is 2. The van der Waals surface area contributed by atoms with E-state index in [1.165, 1.54) is 11.3 Å². The molecule has 0 saturated heterocycles. The minimum Gasteiger partial charge on any atom is -0.486 e. The van der Waals surface area contributed by atoms with Gasteiger partial charge in [0.2, 0.25) is 0 Å². The van der Waals surface area contributed by atoms with Gasteiger partial charge < -0.3 is 9.64 Å². The van der Waals surface area contributed by atoms with Gasteiger partial charge in [-0.15, -0.1) is 0 Å². The summed E-state index contributed by atoms with van der Waals surface area (Å²) in [7, 11) is 2.16. The van der Waals surface area contributed by atoms with Crippen molar-refractivity contribution in [2.24, 2.45) is 0 Å². The molecule has 0 saturated carbocycles. The van der Waals surface area contributed by atoms with Crippen molar-refractivity contribution in [3.05, 3.63) is 54.3 Å². The van der Waals surface area contributed by atoms with Crippen LogP contribution < -0.4 is 4.90 Å². The van der Waals surface area contributed by atoms with Crippen LogP contribution in [0.4, 0.5) is 5.69 Å². The van der Waals surface area contributed by atoms with Crippen molar-refractivity contribution >= 4 is 5.69 Å². The van der Waals surface area contributed by atoms with Crippen molar-refractivity contribution in [1.29, 1.82) is 0 Å². The summed E-state index contributed by atoms with van der Waals surface area (Å²) < 4.78 is 6.25. The van der Waals surface area contributed by atoms with Crippen LogP contribution in [0.5, 0.6) is 0 Å². The molecule has 0 aliphatic heterocycles. The smallest absolute Gasteiger partial charge is 0.126 e. The molecule has 1 aromatic carbocycles. The van der Waals surface area contributed by atoms with Crippen molar-refractivity contribution in [1.82, 2.24) is 0 Å². The molecule has 1 atom stereocenters. The highest BCUT2D eigenvalue weighted by molar-refractivity contribution is 5.57. The van der Waals surface area contributed by atoms with Gasteiger partial charge in [-0.1, -0.05) is 51.6 Å². The summed E-state index contributed by atoms with van der Waals surface area (Å²) in [5, 5.41) is 0. The number of likely N-dealkylation sites (N-methyl/N-ethyl adjacent to an activating group) is 1. The summed E-state index contributed by atoms with van der Waals surface area (Å²) in [6.45, 7) is 19.4. The maximum Gasteiger partial charge on any atom is 0.126 e. The molecule has 0 spiro atoms. The quantitative estimate of drug-likeness (QED) is 0.366. The average Bonchev–Trinajstić information content (AvgIpc) is 2.57. The molecule has 25 heavy (non-hydrogen) atoms. The summed E-state index contributed by atoms with van der Waals surface area (Å²) in [6.07, 6.45) is 6.15. The number of anilines is 1. The molecule has 0 radical (unpaired) electrons. The Morgan fingerprint density at radius 1 is 1.20 bits per heavy atom. The number of ether oxygens (including phenoxy) is 1. The summed E-state index contributed by atoms with van der Waals surface area (Å²) in [6, 6.07) is 8.70. The van der Waals surface area contributed by atoms with Gasteiger partial charge in [0.1, 0.15) is 11.4 Å². The molecule has 140 valence electrons. The number of hydrogen-bond donors (Lipinski definition) is 0. The van der Waals surface area contributed by atoms with E-state index in [0.29, 0.717) is 11.7 Å². The fourth-order valence-corrected chi connectivity index (χ4v) is 2.87. The zero-order valence-corrected chi connectivity index (χ0v) is 17.5. The molecule has 1 aromatic rings. The van der Waals surface area contributed by atoms with Crippen LogP contribution in [0.3, 0.4) is 0 Å². The summed E-state index contributed by atoms with van der Waals surface area (Å²) >= 11 is 0. The van der Waals surface area contributed by atoms with Gasteiger partial charge in [0, 0.05) is 12.7 Å². The van der Waals surface area contributed by atoms with E-state index in [9.17, 15) is 0 Å². The Labute approximate surface area is 155 Å². The first-order chi connectivity index (χ1) is 11.6. The molecular formula is C23H37NO. The van der Waals surface area contributed by atoms with E-state index >= 15 is 0 Å². The van der Waals surface area contributed by atoms with Gasteiger partial charge in [0.25, 0.3) is 0 Å². The monoisotopic (exact) mass is 343 g/mol. The average molecular weight is 344 g/mol. The third-order valence-corrected chi connectivity index (χ3v) is 5.68. The number of rotatable bonds is 9. The van der Waals surface area contributed by atoms with E-state index in [0.717, 1.165) is 12.8 Å². The first-order valence-corrected chi connectivity index (χ1v) is 9.45. The Hall–Kier alpha value is -1.70. The predicted molar refractivity (Wildman–Crippen MR) is 111 cm³/mol. The summed E-state index contributed by atoms with van der Waals surface area (Å²) in [5.74, 6) is 1.24. The molecule has 0 N–H and O–H groups in total. The highest BCUT2D eigenvalue weighted by Crippen LogP contribution is 2.38. The van der Waals surface area contributed by atoms with E-state index in [1.807, 2.05) is 6.08 Å². The number of nitrogens with zero attached hydrogens (tertiary/aromatic N) is 1. The Morgan fingerprint density at radius 2 is 1.80 bits per heavy atom. The van der Waals surface area contributed by atoms with Gasteiger partial charge in [0.15, 0.2) is 0 Å². The van der Waals surface area contributed by atoms with Gasteiger partial charge in [-0.25, -0.2) is 0 Å². The van der Waals surface area contributed by atoms with Gasteiger partial charge in [-0.05, 0) is 64.2 Å². The van der Waals surface area contributed by atoms with E-state index in [2.05, 4.69) is 97.3 Å². The molecule has 1 unspecified atom stereocenters. The van der Waals surface area contributed by atoms with Crippen LogP contribution in [0, 0.1) is 0 Å². The topological polar surface area (TPSA) is 12.5 Å². The molecule has 1 rings (SSSR count). The standard InChI is InChI=1S/C23H37NO/c1-10-12-15-19(4)25-23(7,8)22(5,6)24(9)21-17-14-13-16-20(21)18(3)11-2/h12-18H,4,10-11H2,1-3,5-9H3/b15-12-. The van der Waals surface area contributed by atoms with Crippen molar-refractivity contribution in [3.63, 3.8) is 0 Å². The van der Waals surface area contributed by atoms with Crippen molar-refractivity contribution < 1.29 is 4.74 Å². The van der Waals surface area contributed by atoms with Gasteiger partial charge in [0.05, 0.1) is 5.54 Å². The molecule has 0 amide bonds. The largest absolute Gasteiger partial charge is 0.486 e. The third kappa shape index (κ3) is 4.90. The lowest BCUT2D eigenvalue weighted by Crippen LogP contribution is -2.58. The summed E-state index contributed by atoms with van der Waals surface area (Å²) in [4.78, 5) is 2.35. The molecule has 0 bridgehead atoms. The first kappa shape index (κ1) is 21.3. The first-order valence-electron chi connectivity index (χ1n) is 9.45. The third-order valence-electron chi connectivity index (χ3n) is 5.68. The lowest BCUT2D eigenvalue weighted by molar-refractivity contribution is -0.0150. The number of para-hydroxylation sites is 1. The fraction of sp³-hybridized carbons (Fsp3) is 0.565. The maximum absolute atomic E-state index is 6.25. The van der Waals surface area contributed by atoms with Crippen LogP contribution in [0.2, 0.25) is 0 Å². The second-order valence-corrected chi connectivity index (χ2v) is 7.88. The van der Waals surface area contributed by atoms with Gasteiger partial charge >= 0.3 is 0 Å². The Kier molecular flexibility index (Phi) is 7.34. The van der Waals surface area contributed by atoms with Crippen LogP contribution >= 0.6 is 0 Å². The molecular weight excluding hydrogens is 306 g/mol. The zero-order chi connectivity index (χ0) is 19.3. The SMILES string of the molecule is C=C(/C=C\CC)OC(C)(C)C(C)(C)N(C)c1ccccc1C(C)CC. The van der Waals surface area contributed by atoms with Gasteiger partial charge in [-0.2, -0.15) is 0 Å². The highest BCUT2D eigenvalue weighted by atomic mass is 16.5. The lowest BCUT2D eigenvalue weighted by Gasteiger charge is -2.49. The molecule has 2 heteroatoms. The van der Waals surface area contributed by atoms with Crippen LogP contribution in [-0.2, 0) is 4.74 Å².